The van der Waals surface area contributed by atoms with Crippen molar-refractivity contribution in [2.24, 2.45) is 5.73 Å². The Morgan fingerprint density at radius 2 is 1.93 bits per heavy atom. The number of carbonyl (C=O) groups excluding carboxylic acids is 3. The van der Waals surface area contributed by atoms with Gasteiger partial charge in [-0.1, -0.05) is 12.1 Å². The normalized spacial score (nSPS) is 10.1. The number of ether oxygens (including phenoxy) is 1. The van der Waals surface area contributed by atoms with Crippen LogP contribution in [0.15, 0.2) is 47.4 Å². The molecule has 2 aromatic rings. The van der Waals surface area contributed by atoms with Crippen molar-refractivity contribution >= 4 is 40.9 Å². The predicted octanol–water partition coefficient (Wildman–Crippen LogP) is 2.21. The van der Waals surface area contributed by atoms with Gasteiger partial charge in [0, 0.05) is 6.07 Å². The first-order chi connectivity index (χ1) is 12.8. The van der Waals surface area contributed by atoms with Gasteiger partial charge in [0.25, 0.3) is 17.5 Å². The number of para-hydroxylation sites is 1. The number of anilines is 1. The second kappa shape index (κ2) is 8.81. The quantitative estimate of drug-likeness (QED) is 0.320. The molecule has 3 N–H and O–H groups in total. The Hall–Kier alpha value is -3.40. The molecule has 0 saturated heterocycles. The zero-order chi connectivity index (χ0) is 20.0. The number of primary amides is 1. The van der Waals surface area contributed by atoms with Crippen LogP contribution in [0.2, 0.25) is 0 Å². The Morgan fingerprint density at radius 1 is 1.22 bits per heavy atom. The molecule has 2 rings (SSSR count). The van der Waals surface area contributed by atoms with Gasteiger partial charge in [-0.05, 0) is 30.5 Å². The summed E-state index contributed by atoms with van der Waals surface area (Å²) in [5.74, 6) is -2.29. The summed E-state index contributed by atoms with van der Waals surface area (Å²) in [6, 6.07) is 10.0. The topological polar surface area (TPSA) is 142 Å². The molecule has 0 heterocycles. The van der Waals surface area contributed by atoms with E-state index in [1.807, 2.05) is 0 Å². The molecule has 0 bridgehead atoms. The van der Waals surface area contributed by atoms with Gasteiger partial charge >= 0.3 is 5.97 Å². The first-order valence-electron chi connectivity index (χ1n) is 7.51. The maximum absolute atomic E-state index is 12.0. The highest BCUT2D eigenvalue weighted by atomic mass is 32.2. The smallest absolute Gasteiger partial charge is 0.338 e. The lowest BCUT2D eigenvalue weighted by molar-refractivity contribution is -0.387. The molecule has 0 aliphatic rings. The number of benzene rings is 2. The number of nitrogens with zero attached hydrogens (tertiary/aromatic N) is 1. The van der Waals surface area contributed by atoms with Crippen molar-refractivity contribution in [3.63, 3.8) is 0 Å². The molecule has 0 unspecified atom stereocenters. The highest BCUT2D eigenvalue weighted by Crippen LogP contribution is 2.28. The zero-order valence-corrected chi connectivity index (χ0v) is 14.9. The molecule has 2 aromatic carbocycles. The van der Waals surface area contributed by atoms with Crippen molar-refractivity contribution in [3.8, 4) is 0 Å². The Kier molecular flexibility index (Phi) is 6.50. The minimum absolute atomic E-state index is 0.0511. The third-order valence-corrected chi connectivity index (χ3v) is 4.20. The van der Waals surface area contributed by atoms with Crippen LogP contribution in [-0.2, 0) is 9.53 Å². The molecule has 0 saturated carbocycles. The van der Waals surface area contributed by atoms with Gasteiger partial charge in [0.2, 0.25) is 0 Å². The second-order valence-corrected chi connectivity index (χ2v) is 6.03. The summed E-state index contributed by atoms with van der Waals surface area (Å²) in [4.78, 5) is 46.2. The number of amides is 2. The Labute approximate surface area is 158 Å². The number of carbonyl (C=O) groups is 3. The van der Waals surface area contributed by atoms with E-state index in [4.69, 9.17) is 10.5 Å². The molecule has 27 heavy (non-hydrogen) atoms. The van der Waals surface area contributed by atoms with Gasteiger partial charge < -0.3 is 15.8 Å². The van der Waals surface area contributed by atoms with E-state index in [-0.39, 0.29) is 22.5 Å². The molecule has 9 nitrogen and oxygen atoms in total. The van der Waals surface area contributed by atoms with Crippen LogP contribution in [-0.4, -0.2) is 35.6 Å². The number of rotatable bonds is 7. The molecule has 0 aliphatic carbocycles. The lowest BCUT2D eigenvalue weighted by Gasteiger charge is -2.09. The molecule has 140 valence electrons. The number of nitro benzene ring substituents is 1. The van der Waals surface area contributed by atoms with E-state index in [0.717, 1.165) is 6.07 Å². The Bertz CT molecular complexity index is 915. The third-order valence-electron chi connectivity index (χ3n) is 3.41. The molecule has 0 aliphatic heterocycles. The summed E-state index contributed by atoms with van der Waals surface area (Å²) >= 11 is 1.17. The predicted molar refractivity (Wildman–Crippen MR) is 98.7 cm³/mol. The number of thioether (sulfide) groups is 1. The monoisotopic (exact) mass is 389 g/mol. The maximum Gasteiger partial charge on any atom is 0.338 e. The molecule has 0 spiro atoms. The molecule has 0 fully saturated rings. The zero-order valence-electron chi connectivity index (χ0n) is 14.1. The highest BCUT2D eigenvalue weighted by molar-refractivity contribution is 7.98. The average Bonchev–Trinajstić information content (AvgIpc) is 2.65. The number of nitro groups is 1. The van der Waals surface area contributed by atoms with Crippen LogP contribution in [0.25, 0.3) is 0 Å². The summed E-state index contributed by atoms with van der Waals surface area (Å²) in [5.41, 5.74) is 5.24. The fourth-order valence-corrected chi connectivity index (χ4v) is 2.71. The Morgan fingerprint density at radius 3 is 2.56 bits per heavy atom. The standard InChI is InChI=1S/C17H15N3O6S/c1-27-14-7-6-10(8-13(14)20(24)25)17(23)26-9-15(21)19-12-5-3-2-4-11(12)16(18)22/h2-8H,9H2,1H3,(H2,18,22)(H,19,21). The Balaban J connectivity index is 2.03. The van der Waals surface area contributed by atoms with E-state index in [1.54, 1.807) is 18.4 Å². The lowest BCUT2D eigenvalue weighted by Crippen LogP contribution is -2.23. The lowest BCUT2D eigenvalue weighted by atomic mass is 10.1. The number of hydrogen-bond donors (Lipinski definition) is 2. The van der Waals surface area contributed by atoms with Gasteiger partial charge in [-0.2, -0.15) is 0 Å². The van der Waals surface area contributed by atoms with Crippen molar-refractivity contribution in [1.29, 1.82) is 0 Å². The molecule has 0 atom stereocenters. The van der Waals surface area contributed by atoms with Crippen molar-refractivity contribution in [2.45, 2.75) is 4.90 Å². The van der Waals surface area contributed by atoms with E-state index in [0.29, 0.717) is 4.90 Å². The SMILES string of the molecule is CSc1ccc(C(=O)OCC(=O)Nc2ccccc2C(N)=O)cc1[N+](=O)[O-]. The van der Waals surface area contributed by atoms with Crippen molar-refractivity contribution in [2.75, 3.05) is 18.2 Å². The third kappa shape index (κ3) is 5.05. The largest absolute Gasteiger partial charge is 0.452 e. The van der Waals surface area contributed by atoms with Gasteiger partial charge in [-0.15, -0.1) is 11.8 Å². The van der Waals surface area contributed by atoms with Crippen LogP contribution < -0.4 is 11.1 Å². The number of esters is 1. The van der Waals surface area contributed by atoms with E-state index in [1.165, 1.54) is 36.0 Å². The van der Waals surface area contributed by atoms with Crippen molar-refractivity contribution in [3.05, 3.63) is 63.7 Å². The minimum Gasteiger partial charge on any atom is -0.452 e. The minimum atomic E-state index is -0.885. The van der Waals surface area contributed by atoms with E-state index in [2.05, 4.69) is 5.32 Å². The highest BCUT2D eigenvalue weighted by Gasteiger charge is 2.19. The van der Waals surface area contributed by atoms with Crippen LogP contribution in [0.5, 0.6) is 0 Å². The maximum atomic E-state index is 12.0. The molecule has 0 radical (unpaired) electrons. The van der Waals surface area contributed by atoms with Crippen LogP contribution in [0.1, 0.15) is 20.7 Å². The van der Waals surface area contributed by atoms with E-state index in [9.17, 15) is 24.5 Å². The summed E-state index contributed by atoms with van der Waals surface area (Å²) < 4.78 is 4.87. The average molecular weight is 389 g/mol. The second-order valence-electron chi connectivity index (χ2n) is 5.18. The summed E-state index contributed by atoms with van der Waals surface area (Å²) in [6.07, 6.45) is 1.68. The van der Waals surface area contributed by atoms with Crippen molar-refractivity contribution in [1.82, 2.24) is 0 Å². The first-order valence-corrected chi connectivity index (χ1v) is 8.74. The molecule has 10 heteroatoms. The number of nitrogens with two attached hydrogens (primary N) is 1. The summed E-state index contributed by atoms with van der Waals surface area (Å²) in [7, 11) is 0. The molecular formula is C17H15N3O6S. The van der Waals surface area contributed by atoms with E-state index < -0.39 is 29.3 Å². The number of nitrogens with one attached hydrogen (secondary N) is 1. The van der Waals surface area contributed by atoms with Gasteiger partial charge in [-0.25, -0.2) is 4.79 Å². The molecule has 0 aromatic heterocycles. The summed E-state index contributed by atoms with van der Waals surface area (Å²) in [6.45, 7) is -0.635. The summed E-state index contributed by atoms with van der Waals surface area (Å²) in [5, 5.41) is 13.5. The van der Waals surface area contributed by atoms with E-state index >= 15 is 0 Å². The van der Waals surface area contributed by atoms with Crippen LogP contribution in [0.3, 0.4) is 0 Å². The molecular weight excluding hydrogens is 374 g/mol. The van der Waals surface area contributed by atoms with Gasteiger partial charge in [0.1, 0.15) is 0 Å². The van der Waals surface area contributed by atoms with Crippen molar-refractivity contribution < 1.29 is 24.0 Å². The first kappa shape index (κ1) is 19.9. The van der Waals surface area contributed by atoms with Gasteiger partial charge in [0.15, 0.2) is 6.61 Å². The van der Waals surface area contributed by atoms with Gasteiger partial charge in [-0.3, -0.25) is 19.7 Å². The fraction of sp³-hybridized carbons (Fsp3) is 0.118. The number of hydrogen-bond acceptors (Lipinski definition) is 7. The fourth-order valence-electron chi connectivity index (χ4n) is 2.17. The van der Waals surface area contributed by atoms with Crippen LogP contribution in [0, 0.1) is 10.1 Å². The molecule has 2 amide bonds. The van der Waals surface area contributed by atoms with Crippen LogP contribution in [0.4, 0.5) is 11.4 Å². The van der Waals surface area contributed by atoms with Crippen LogP contribution >= 0.6 is 11.8 Å². The van der Waals surface area contributed by atoms with Gasteiger partial charge in [0.05, 0.1) is 26.6 Å².